The Bertz CT molecular complexity index is 4050. The molecule has 0 unspecified atom stereocenters. The zero-order valence-electron chi connectivity index (χ0n) is 44.8. The van der Waals surface area contributed by atoms with Crippen molar-refractivity contribution in [2.75, 3.05) is 0 Å². The van der Waals surface area contributed by atoms with Gasteiger partial charge in [-0.25, -0.2) is 15.0 Å². The van der Waals surface area contributed by atoms with Crippen molar-refractivity contribution in [1.82, 2.24) is 15.0 Å². The molecule has 5 heteroatoms. The minimum Gasteiger partial charge on any atom is -0.455 e. The lowest BCUT2D eigenvalue weighted by atomic mass is 9.92. The molecule has 4 nitrogen and oxygen atoms in total. The van der Waals surface area contributed by atoms with Crippen molar-refractivity contribution in [3.05, 3.63) is 188 Å². The zero-order chi connectivity index (χ0) is 50.9. The number of hydrogen-bond donors (Lipinski definition) is 0. The zero-order valence-corrected chi connectivity index (χ0v) is 29.6. The Hall–Kier alpha value is -7.21. The largest absolute Gasteiger partial charge is 0.455 e. The van der Waals surface area contributed by atoms with E-state index in [-0.39, 0.29) is 27.5 Å². The highest BCUT2D eigenvalue weighted by Gasteiger charge is 2.22. The lowest BCUT2D eigenvalue weighted by Gasteiger charge is -2.11. The molecular weight excluding hydrogens is 703 g/mol. The molecule has 0 N–H and O–H groups in total. The lowest BCUT2D eigenvalue weighted by molar-refractivity contribution is 0.669. The highest BCUT2D eigenvalue weighted by Crippen LogP contribution is 2.47. The molecule has 0 aliphatic carbocycles. The molecule has 0 spiro atoms. The van der Waals surface area contributed by atoms with E-state index in [4.69, 9.17) is 18.1 Å². The maximum Gasteiger partial charge on any atom is 0.167 e. The maximum atomic E-state index is 9.63. The van der Waals surface area contributed by atoms with Gasteiger partial charge in [0, 0.05) is 47.6 Å². The summed E-state index contributed by atoms with van der Waals surface area (Å²) in [7, 11) is 0. The number of thiophene rings is 1. The molecule has 0 fully saturated rings. The van der Waals surface area contributed by atoms with Gasteiger partial charge in [0.2, 0.25) is 0 Å². The van der Waals surface area contributed by atoms with E-state index in [0.29, 0.717) is 10.3 Å². The molecule has 3 heterocycles. The number of benzene rings is 8. The smallest absolute Gasteiger partial charge is 0.167 e. The van der Waals surface area contributed by atoms with E-state index in [2.05, 4.69) is 21.0 Å². The maximum absolute atomic E-state index is 9.63. The van der Waals surface area contributed by atoms with Gasteiger partial charge >= 0.3 is 0 Å². The molecule has 0 amide bonds. The van der Waals surface area contributed by atoms with E-state index in [1.807, 2.05) is 84.9 Å². The molecule has 262 valence electrons. The van der Waals surface area contributed by atoms with Crippen molar-refractivity contribution in [3.63, 3.8) is 0 Å². The van der Waals surface area contributed by atoms with Crippen molar-refractivity contribution < 1.29 is 26.3 Å². The number of hydrogen-bond acceptors (Lipinski definition) is 5. The number of furan rings is 1. The number of para-hydroxylation sites is 1. The molecular formula is C51H31N3OS. The topological polar surface area (TPSA) is 51.8 Å². The Morgan fingerprint density at radius 3 is 1.84 bits per heavy atom. The highest BCUT2D eigenvalue weighted by molar-refractivity contribution is 7.26. The summed E-state index contributed by atoms with van der Waals surface area (Å²) in [5.74, 6) is -1.85. The summed E-state index contributed by atoms with van der Waals surface area (Å²) in [6, 6.07) is 18.5. The molecule has 0 atom stereocenters. The molecule has 0 aliphatic rings. The Morgan fingerprint density at radius 2 is 1.07 bits per heavy atom. The average molecular weight is 750 g/mol. The van der Waals surface area contributed by atoms with Crippen molar-refractivity contribution in [2.45, 2.75) is 0 Å². The summed E-state index contributed by atoms with van der Waals surface area (Å²) in [4.78, 5) is 13.3. The van der Waals surface area contributed by atoms with Gasteiger partial charge in [0.15, 0.2) is 17.5 Å². The third-order valence-corrected chi connectivity index (χ3v) is 10.7. The summed E-state index contributed by atoms with van der Waals surface area (Å²) < 4.78 is 150. The summed E-state index contributed by atoms with van der Waals surface area (Å²) >= 11 is 1.44. The van der Waals surface area contributed by atoms with E-state index < -0.39 is 131 Å². The highest BCUT2D eigenvalue weighted by atomic mass is 32.1. The first-order valence-electron chi connectivity index (χ1n) is 25.4. The molecule has 0 saturated carbocycles. The third kappa shape index (κ3) is 5.48. The van der Waals surface area contributed by atoms with Crippen molar-refractivity contribution in [2.24, 2.45) is 0 Å². The number of fused-ring (bicyclic) bond motifs is 6. The quantitative estimate of drug-likeness (QED) is 0.170. The van der Waals surface area contributed by atoms with E-state index >= 15 is 0 Å². The summed E-state index contributed by atoms with van der Waals surface area (Å²) in [5.41, 5.74) is 1.84. The molecule has 0 saturated heterocycles. The summed E-state index contributed by atoms with van der Waals surface area (Å²) in [6.45, 7) is 0. The van der Waals surface area contributed by atoms with Crippen LogP contribution in [0.1, 0.15) is 21.9 Å². The lowest BCUT2D eigenvalue weighted by Crippen LogP contribution is -2.00. The fourth-order valence-electron chi connectivity index (χ4n) is 6.96. The van der Waals surface area contributed by atoms with E-state index in [0.717, 1.165) is 37.7 Å². The summed E-state index contributed by atoms with van der Waals surface area (Å²) in [5, 5.41) is 1.56. The Balaban J connectivity index is 1.27. The first kappa shape index (κ1) is 19.9. The number of aromatic nitrogens is 3. The van der Waals surface area contributed by atoms with E-state index in [1.54, 1.807) is 0 Å². The minimum atomic E-state index is -0.765. The van der Waals surface area contributed by atoms with Crippen molar-refractivity contribution in [1.29, 1.82) is 0 Å². The van der Waals surface area contributed by atoms with Crippen LogP contribution >= 0.6 is 11.3 Å². The van der Waals surface area contributed by atoms with Gasteiger partial charge in [-0.3, -0.25) is 0 Å². The molecule has 0 bridgehead atoms. The van der Waals surface area contributed by atoms with Gasteiger partial charge in [-0.05, 0) is 64.2 Å². The van der Waals surface area contributed by atoms with Crippen LogP contribution in [0.4, 0.5) is 0 Å². The van der Waals surface area contributed by atoms with Gasteiger partial charge in [-0.2, -0.15) is 0 Å². The third-order valence-electron chi connectivity index (χ3n) is 9.48. The van der Waals surface area contributed by atoms with Crippen LogP contribution in [0.5, 0.6) is 0 Å². The van der Waals surface area contributed by atoms with Crippen LogP contribution in [0, 0.1) is 0 Å². The molecule has 3 aromatic heterocycles. The summed E-state index contributed by atoms with van der Waals surface area (Å²) in [6.07, 6.45) is 0. The molecule has 11 rings (SSSR count). The predicted molar refractivity (Wildman–Crippen MR) is 233 cm³/mol. The second-order valence-corrected chi connectivity index (χ2v) is 13.8. The van der Waals surface area contributed by atoms with Crippen LogP contribution in [0.25, 0.3) is 110 Å². The first-order valence-corrected chi connectivity index (χ1v) is 18.2. The molecule has 11 aromatic rings. The van der Waals surface area contributed by atoms with Crippen molar-refractivity contribution >= 4 is 53.4 Å². The second kappa shape index (κ2) is 13.3. The monoisotopic (exact) mass is 749 g/mol. The van der Waals surface area contributed by atoms with Crippen LogP contribution in [0.2, 0.25) is 0 Å². The average Bonchev–Trinajstić information content (AvgIpc) is 3.97. The van der Waals surface area contributed by atoms with Crippen LogP contribution in [0.3, 0.4) is 0 Å². The normalized spacial score (nSPS) is 15.6. The minimum absolute atomic E-state index is 0.00423. The molecule has 56 heavy (non-hydrogen) atoms. The fourth-order valence-corrected chi connectivity index (χ4v) is 8.17. The SMILES string of the molecule is [2H]c1c([2H])c([2H])c(-c2nc(-c3c([2H])c([2H])c([2H])c([2H])c3[2H])nc(-c3c([2H])c([2H])c([2H])c4c3oc3c([2H])c([2H])c([2H])c(-c5cc(-c6cccc(-c7ccccc7)c6)cc6c5sc5ccccc56)c34)n2)c([2H])c1[2H]. The van der Waals surface area contributed by atoms with Crippen LogP contribution in [0.15, 0.2) is 192 Å². The van der Waals surface area contributed by atoms with E-state index in [1.165, 1.54) is 11.3 Å². The van der Waals surface area contributed by atoms with Gasteiger partial charge in [-0.15, -0.1) is 11.3 Å². The molecule has 0 radical (unpaired) electrons. The standard InChI is InChI=1S/C51H31N3OS/c1-4-15-32(16-5-1)35-21-12-22-36(29-35)37-30-42-38-23-10-11-28-45(38)56-48(42)43(31-37)39-24-14-27-44-46(39)40-25-13-26-41(47(40)55-44)51-53-49(33-17-6-2-7-18-33)52-50(54-51)34-19-8-3-9-20-34/h1-31H/i2D,3D,6D,7D,8D,9D,13D,14D,17D,18D,19D,20D,24D,25D,26D,27D. The predicted octanol–water partition coefficient (Wildman–Crippen LogP) is 14.1. The molecule has 0 aliphatic heterocycles. The Labute approximate surface area is 349 Å². The fraction of sp³-hybridized carbons (Fsp3) is 0. The Kier molecular flexibility index (Phi) is 4.72. The van der Waals surface area contributed by atoms with Gasteiger partial charge < -0.3 is 4.42 Å². The molecule has 8 aromatic carbocycles. The van der Waals surface area contributed by atoms with Gasteiger partial charge in [-0.1, -0.05) is 151 Å². The number of nitrogens with zero attached hydrogens (tertiary/aromatic N) is 3. The number of rotatable bonds is 6. The van der Waals surface area contributed by atoms with Crippen LogP contribution in [-0.4, -0.2) is 15.0 Å². The van der Waals surface area contributed by atoms with E-state index in [9.17, 15) is 8.22 Å². The van der Waals surface area contributed by atoms with Crippen molar-refractivity contribution in [3.8, 4) is 67.5 Å². The van der Waals surface area contributed by atoms with Crippen LogP contribution < -0.4 is 0 Å². The first-order chi connectivity index (χ1) is 34.4. The van der Waals surface area contributed by atoms with Crippen LogP contribution in [-0.2, 0) is 0 Å². The van der Waals surface area contributed by atoms with Gasteiger partial charge in [0.25, 0.3) is 0 Å². The second-order valence-electron chi connectivity index (χ2n) is 12.8. The van der Waals surface area contributed by atoms with Gasteiger partial charge in [0.1, 0.15) is 11.2 Å². The van der Waals surface area contributed by atoms with Gasteiger partial charge in [0.05, 0.1) is 27.5 Å². The Morgan fingerprint density at radius 1 is 0.429 bits per heavy atom.